The van der Waals surface area contributed by atoms with E-state index in [4.69, 9.17) is 4.52 Å². The van der Waals surface area contributed by atoms with Gasteiger partial charge in [-0.05, 0) is 46.3 Å². The van der Waals surface area contributed by atoms with Crippen molar-refractivity contribution < 1.29 is 12.9 Å². The fourth-order valence-corrected chi connectivity index (χ4v) is 3.24. The lowest BCUT2D eigenvalue weighted by atomic mass is 10.1. The molecule has 1 aliphatic rings. The average Bonchev–Trinajstić information content (AvgIpc) is 2.97. The van der Waals surface area contributed by atoms with Crippen LogP contribution in [0.25, 0.3) is 0 Å². The zero-order valence-electron chi connectivity index (χ0n) is 11.4. The highest BCUT2D eigenvalue weighted by atomic mass is 32.2. The molecule has 108 valence electrons. The Hall–Kier alpha value is -0.920. The summed E-state index contributed by atoms with van der Waals surface area (Å²) in [7, 11) is -1.65. The molecule has 1 aromatic heterocycles. The Morgan fingerprint density at radius 1 is 1.58 bits per heavy atom. The molecule has 1 atom stereocenters. The van der Waals surface area contributed by atoms with E-state index in [0.29, 0.717) is 6.42 Å². The van der Waals surface area contributed by atoms with E-state index >= 15 is 0 Å². The molecular formula is C12H21N3O3S. The maximum Gasteiger partial charge on any atom is 0.211 e. The molecule has 1 aromatic rings. The fourth-order valence-electron chi connectivity index (χ4n) is 2.53. The quantitative estimate of drug-likeness (QED) is 0.846. The maximum atomic E-state index is 11.4. The molecule has 7 heteroatoms. The molecule has 2 rings (SSSR count). The highest BCUT2D eigenvalue weighted by Crippen LogP contribution is 2.31. The van der Waals surface area contributed by atoms with Crippen molar-refractivity contribution in [1.29, 1.82) is 0 Å². The van der Waals surface area contributed by atoms with Gasteiger partial charge in [-0.15, -0.1) is 0 Å². The molecule has 1 N–H and O–H groups in total. The highest BCUT2D eigenvalue weighted by molar-refractivity contribution is 7.89. The normalized spacial score (nSPS) is 21.1. The second-order valence-electron chi connectivity index (χ2n) is 4.93. The number of hydrogen-bond acceptors (Lipinski definition) is 5. The molecule has 0 spiro atoms. The van der Waals surface area contributed by atoms with Crippen LogP contribution in [-0.4, -0.2) is 44.4 Å². The zero-order valence-corrected chi connectivity index (χ0v) is 12.2. The number of aryl methyl sites for hydroxylation is 1. The second kappa shape index (κ2) is 6.02. The third-order valence-corrected chi connectivity index (χ3v) is 4.97. The molecule has 1 fully saturated rings. The molecule has 0 aromatic carbocycles. The molecule has 2 heterocycles. The number of rotatable bonds is 6. The first-order chi connectivity index (χ1) is 9.02. The Morgan fingerprint density at radius 3 is 3.00 bits per heavy atom. The van der Waals surface area contributed by atoms with Gasteiger partial charge in [0.2, 0.25) is 10.0 Å². The van der Waals surface area contributed by atoms with Gasteiger partial charge in [-0.1, -0.05) is 5.16 Å². The first kappa shape index (κ1) is 14.5. The fraction of sp³-hybridized carbons (Fsp3) is 0.750. The van der Waals surface area contributed by atoms with Gasteiger partial charge in [0.15, 0.2) is 0 Å². The van der Waals surface area contributed by atoms with Crippen LogP contribution in [-0.2, 0) is 10.0 Å². The Bertz CT molecular complexity index is 512. The van der Waals surface area contributed by atoms with E-state index in [-0.39, 0.29) is 11.8 Å². The Kier molecular flexibility index (Phi) is 4.59. The van der Waals surface area contributed by atoms with Crippen LogP contribution in [0.2, 0.25) is 0 Å². The van der Waals surface area contributed by atoms with Crippen LogP contribution in [0.15, 0.2) is 10.6 Å². The number of sulfonamides is 1. The molecule has 0 amide bonds. The lowest BCUT2D eigenvalue weighted by Gasteiger charge is -2.22. The van der Waals surface area contributed by atoms with Gasteiger partial charge in [0.25, 0.3) is 0 Å². The van der Waals surface area contributed by atoms with Crippen LogP contribution in [0.3, 0.4) is 0 Å². The summed E-state index contributed by atoms with van der Waals surface area (Å²) < 4.78 is 30.2. The van der Waals surface area contributed by atoms with Crippen molar-refractivity contribution in [2.75, 3.05) is 25.9 Å². The van der Waals surface area contributed by atoms with Crippen LogP contribution >= 0.6 is 0 Å². The summed E-state index contributed by atoms with van der Waals surface area (Å²) in [6, 6.07) is 2.24. The summed E-state index contributed by atoms with van der Waals surface area (Å²) in [5.74, 6) is 0.990. The third-order valence-electron chi connectivity index (χ3n) is 3.52. The van der Waals surface area contributed by atoms with Crippen LogP contribution in [0.1, 0.15) is 36.8 Å². The lowest BCUT2D eigenvalue weighted by Crippen LogP contribution is -2.28. The largest absolute Gasteiger partial charge is 0.361 e. The van der Waals surface area contributed by atoms with Crippen molar-refractivity contribution in [3.8, 4) is 0 Å². The number of nitrogens with zero attached hydrogens (tertiary/aromatic N) is 2. The molecule has 0 unspecified atom stereocenters. The molecule has 0 saturated carbocycles. The van der Waals surface area contributed by atoms with Crippen molar-refractivity contribution in [1.82, 2.24) is 14.8 Å². The summed E-state index contributed by atoms with van der Waals surface area (Å²) in [6.45, 7) is 3.66. The molecule has 1 aliphatic heterocycles. The summed E-state index contributed by atoms with van der Waals surface area (Å²) >= 11 is 0. The van der Waals surface area contributed by atoms with Crippen LogP contribution < -0.4 is 4.72 Å². The zero-order chi connectivity index (χ0) is 13.9. The van der Waals surface area contributed by atoms with E-state index in [9.17, 15) is 8.42 Å². The van der Waals surface area contributed by atoms with Gasteiger partial charge in [0, 0.05) is 6.07 Å². The molecule has 1 saturated heterocycles. The summed E-state index contributed by atoms with van der Waals surface area (Å²) in [5, 5.41) is 4.07. The Labute approximate surface area is 114 Å². The maximum absolute atomic E-state index is 11.4. The van der Waals surface area contributed by atoms with E-state index in [2.05, 4.69) is 14.8 Å². The topological polar surface area (TPSA) is 75.4 Å². The molecule has 0 bridgehead atoms. The monoisotopic (exact) mass is 287 g/mol. The van der Waals surface area contributed by atoms with Gasteiger partial charge in [-0.3, -0.25) is 4.90 Å². The summed E-state index contributed by atoms with van der Waals surface area (Å²) in [6.07, 6.45) is 2.82. The predicted octanol–water partition coefficient (Wildman–Crippen LogP) is 1.06. The smallest absolute Gasteiger partial charge is 0.211 e. The summed E-state index contributed by atoms with van der Waals surface area (Å²) in [5.41, 5.74) is 0.964. The lowest BCUT2D eigenvalue weighted by molar-refractivity contribution is 0.245. The van der Waals surface area contributed by atoms with Crippen molar-refractivity contribution in [2.24, 2.45) is 0 Å². The van der Waals surface area contributed by atoms with E-state index in [1.54, 1.807) is 0 Å². The van der Waals surface area contributed by atoms with E-state index in [1.165, 1.54) is 7.05 Å². The minimum absolute atomic E-state index is 0.171. The van der Waals surface area contributed by atoms with Gasteiger partial charge < -0.3 is 4.52 Å². The molecule has 0 radical (unpaired) electrons. The van der Waals surface area contributed by atoms with Crippen molar-refractivity contribution in [3.05, 3.63) is 17.5 Å². The van der Waals surface area contributed by atoms with Crippen molar-refractivity contribution in [2.45, 2.75) is 32.2 Å². The minimum Gasteiger partial charge on any atom is -0.361 e. The van der Waals surface area contributed by atoms with Gasteiger partial charge in [0.1, 0.15) is 11.5 Å². The van der Waals surface area contributed by atoms with Gasteiger partial charge in [-0.2, -0.15) is 0 Å². The van der Waals surface area contributed by atoms with E-state index in [1.807, 2.05) is 13.0 Å². The van der Waals surface area contributed by atoms with Gasteiger partial charge in [0.05, 0.1) is 11.8 Å². The first-order valence-electron chi connectivity index (χ1n) is 6.60. The number of hydrogen-bond donors (Lipinski definition) is 1. The van der Waals surface area contributed by atoms with Crippen LogP contribution in [0.4, 0.5) is 0 Å². The number of aromatic nitrogens is 1. The number of nitrogens with one attached hydrogen (secondary N) is 1. The standard InChI is InChI=1S/C12H21N3O3S/c1-10-9-11(14-18-10)12-5-3-6-15(12)7-4-8-19(16,17)13-2/h9,12-13H,3-8H2,1-2H3/t12-/m0/s1. The van der Waals surface area contributed by atoms with Crippen molar-refractivity contribution >= 4 is 10.0 Å². The van der Waals surface area contributed by atoms with Crippen LogP contribution in [0, 0.1) is 6.92 Å². The molecule has 0 aliphatic carbocycles. The average molecular weight is 287 g/mol. The Morgan fingerprint density at radius 2 is 2.37 bits per heavy atom. The first-order valence-corrected chi connectivity index (χ1v) is 8.25. The predicted molar refractivity (Wildman–Crippen MR) is 72.3 cm³/mol. The van der Waals surface area contributed by atoms with Gasteiger partial charge in [-0.25, -0.2) is 13.1 Å². The third kappa shape index (κ3) is 3.77. The van der Waals surface area contributed by atoms with Crippen molar-refractivity contribution in [3.63, 3.8) is 0 Å². The molecule has 19 heavy (non-hydrogen) atoms. The van der Waals surface area contributed by atoms with Gasteiger partial charge >= 0.3 is 0 Å². The SMILES string of the molecule is CNS(=O)(=O)CCCN1CCC[C@H]1c1cc(C)on1. The minimum atomic E-state index is -3.10. The summed E-state index contributed by atoms with van der Waals surface area (Å²) in [4.78, 5) is 2.29. The second-order valence-corrected chi connectivity index (χ2v) is 6.98. The molecule has 6 nitrogen and oxygen atoms in total. The van der Waals surface area contributed by atoms with E-state index in [0.717, 1.165) is 37.4 Å². The van der Waals surface area contributed by atoms with Crippen LogP contribution in [0.5, 0.6) is 0 Å². The highest BCUT2D eigenvalue weighted by Gasteiger charge is 2.28. The number of likely N-dealkylation sites (tertiary alicyclic amines) is 1. The Balaban J connectivity index is 1.89. The molecular weight excluding hydrogens is 266 g/mol. The van der Waals surface area contributed by atoms with E-state index < -0.39 is 10.0 Å².